The first kappa shape index (κ1) is 15.5. The van der Waals surface area contributed by atoms with Crippen molar-refractivity contribution in [1.29, 1.82) is 0 Å². The van der Waals surface area contributed by atoms with Gasteiger partial charge in [0, 0.05) is 38.8 Å². The fraction of sp³-hybridized carbons (Fsp3) is 0.667. The highest BCUT2D eigenvalue weighted by Gasteiger charge is 2.19. The van der Waals surface area contributed by atoms with Crippen molar-refractivity contribution in [1.82, 2.24) is 9.80 Å². The van der Waals surface area contributed by atoms with E-state index in [-0.39, 0.29) is 0 Å². The summed E-state index contributed by atoms with van der Waals surface area (Å²) in [6.45, 7) is 15.1. The van der Waals surface area contributed by atoms with Crippen LogP contribution in [0.3, 0.4) is 0 Å². The highest BCUT2D eigenvalue weighted by molar-refractivity contribution is 5.25. The predicted octanol–water partition coefficient (Wildman–Crippen LogP) is 3.73. The number of hydrogen-bond donors (Lipinski definition) is 0. The van der Waals surface area contributed by atoms with Gasteiger partial charge in [0.05, 0.1) is 0 Å². The van der Waals surface area contributed by atoms with Crippen LogP contribution in [0.25, 0.3) is 0 Å². The summed E-state index contributed by atoms with van der Waals surface area (Å²) in [5, 5.41) is 0. The third kappa shape index (κ3) is 4.07. The topological polar surface area (TPSA) is 6.48 Å². The second-order valence-corrected chi connectivity index (χ2v) is 6.47. The molecular formula is C18H30N2. The van der Waals surface area contributed by atoms with Gasteiger partial charge in [0.1, 0.15) is 0 Å². The Hall–Kier alpha value is -0.860. The molecule has 0 aliphatic carbocycles. The molecule has 1 atom stereocenters. The zero-order valence-corrected chi connectivity index (χ0v) is 13.6. The molecule has 1 aliphatic heterocycles. The minimum Gasteiger partial charge on any atom is -0.298 e. The van der Waals surface area contributed by atoms with E-state index < -0.39 is 0 Å². The molecule has 1 aromatic rings. The summed E-state index contributed by atoms with van der Waals surface area (Å²) < 4.78 is 0. The molecule has 0 bridgehead atoms. The number of piperazine rings is 1. The molecule has 2 nitrogen and oxygen atoms in total. The Morgan fingerprint density at radius 1 is 1.05 bits per heavy atom. The van der Waals surface area contributed by atoms with Crippen LogP contribution in [0.1, 0.15) is 51.2 Å². The molecule has 1 aliphatic rings. The van der Waals surface area contributed by atoms with Crippen LogP contribution in [0.15, 0.2) is 24.3 Å². The van der Waals surface area contributed by atoms with E-state index in [9.17, 15) is 0 Å². The van der Waals surface area contributed by atoms with Crippen molar-refractivity contribution in [2.75, 3.05) is 26.2 Å². The molecule has 1 aromatic carbocycles. The molecule has 0 N–H and O–H groups in total. The molecule has 112 valence electrons. The van der Waals surface area contributed by atoms with Crippen molar-refractivity contribution in [3.63, 3.8) is 0 Å². The molecule has 1 unspecified atom stereocenters. The quantitative estimate of drug-likeness (QED) is 0.807. The van der Waals surface area contributed by atoms with Gasteiger partial charge in [-0.05, 0) is 30.4 Å². The molecule has 0 saturated carbocycles. The zero-order chi connectivity index (χ0) is 14.5. The summed E-state index contributed by atoms with van der Waals surface area (Å²) in [5.41, 5.74) is 2.92. The Kier molecular flexibility index (Phi) is 5.62. The van der Waals surface area contributed by atoms with Crippen LogP contribution in [0.2, 0.25) is 0 Å². The zero-order valence-electron chi connectivity index (χ0n) is 13.6. The molecule has 0 spiro atoms. The van der Waals surface area contributed by atoms with E-state index in [1.165, 1.54) is 43.7 Å². The van der Waals surface area contributed by atoms with E-state index in [0.717, 1.165) is 12.6 Å². The predicted molar refractivity (Wildman–Crippen MR) is 87.1 cm³/mol. The fourth-order valence-corrected chi connectivity index (χ4v) is 2.93. The normalized spacial score (nSPS) is 19.4. The van der Waals surface area contributed by atoms with Gasteiger partial charge in [-0.1, -0.05) is 45.0 Å². The van der Waals surface area contributed by atoms with Crippen LogP contribution in [0.5, 0.6) is 0 Å². The van der Waals surface area contributed by atoms with Gasteiger partial charge in [0.25, 0.3) is 0 Å². The lowest BCUT2D eigenvalue weighted by Crippen LogP contribution is -2.48. The summed E-state index contributed by atoms with van der Waals surface area (Å²) in [5.74, 6) is 0.622. The van der Waals surface area contributed by atoms with Crippen LogP contribution in [0.4, 0.5) is 0 Å². The van der Waals surface area contributed by atoms with Gasteiger partial charge in [-0.15, -0.1) is 0 Å². The second kappa shape index (κ2) is 7.24. The first-order valence-electron chi connectivity index (χ1n) is 8.15. The number of rotatable bonds is 5. The second-order valence-electron chi connectivity index (χ2n) is 6.47. The first-order chi connectivity index (χ1) is 9.60. The Morgan fingerprint density at radius 2 is 1.75 bits per heavy atom. The van der Waals surface area contributed by atoms with Crippen molar-refractivity contribution < 1.29 is 0 Å². The maximum atomic E-state index is 2.63. The van der Waals surface area contributed by atoms with Crippen LogP contribution in [0, 0.1) is 0 Å². The minimum atomic E-state index is 0.622. The molecule has 1 saturated heterocycles. The summed E-state index contributed by atoms with van der Waals surface area (Å²) >= 11 is 0. The van der Waals surface area contributed by atoms with Gasteiger partial charge in [-0.25, -0.2) is 0 Å². The van der Waals surface area contributed by atoms with Gasteiger partial charge in [-0.2, -0.15) is 0 Å². The number of hydrogen-bond acceptors (Lipinski definition) is 2. The van der Waals surface area contributed by atoms with Gasteiger partial charge in [0.15, 0.2) is 0 Å². The van der Waals surface area contributed by atoms with Gasteiger partial charge < -0.3 is 0 Å². The largest absolute Gasteiger partial charge is 0.298 e. The lowest BCUT2D eigenvalue weighted by molar-refractivity contribution is 0.0963. The maximum absolute atomic E-state index is 2.63. The van der Waals surface area contributed by atoms with Crippen LogP contribution < -0.4 is 0 Å². The van der Waals surface area contributed by atoms with Crippen LogP contribution in [-0.2, 0) is 6.54 Å². The molecule has 2 heteroatoms. The third-order valence-corrected chi connectivity index (χ3v) is 4.64. The summed E-state index contributed by atoms with van der Waals surface area (Å²) in [6.07, 6.45) is 1.26. The monoisotopic (exact) mass is 274 g/mol. The highest BCUT2D eigenvalue weighted by Crippen LogP contribution is 2.17. The molecular weight excluding hydrogens is 244 g/mol. The third-order valence-electron chi connectivity index (χ3n) is 4.64. The Labute approximate surface area is 124 Å². The van der Waals surface area contributed by atoms with Gasteiger partial charge >= 0.3 is 0 Å². The molecule has 20 heavy (non-hydrogen) atoms. The smallest absolute Gasteiger partial charge is 0.0234 e. The van der Waals surface area contributed by atoms with Crippen LogP contribution in [-0.4, -0.2) is 42.0 Å². The standard InChI is InChI=1S/C18H30N2/c1-5-16(4)20-11-9-19(10-12-20)14-17-7-6-8-18(13-17)15(2)3/h6-8,13,15-16H,5,9-12,14H2,1-4H3. The minimum absolute atomic E-state index is 0.622. The summed E-state index contributed by atoms with van der Waals surface area (Å²) in [7, 11) is 0. The number of benzene rings is 1. The van der Waals surface area contributed by atoms with Crippen LogP contribution >= 0.6 is 0 Å². The lowest BCUT2D eigenvalue weighted by Gasteiger charge is -2.37. The highest BCUT2D eigenvalue weighted by atomic mass is 15.3. The summed E-state index contributed by atoms with van der Waals surface area (Å²) in [4.78, 5) is 5.22. The van der Waals surface area contributed by atoms with Gasteiger partial charge in [0.2, 0.25) is 0 Å². The number of nitrogens with zero attached hydrogens (tertiary/aromatic N) is 2. The van der Waals surface area contributed by atoms with E-state index in [1.807, 2.05) is 0 Å². The van der Waals surface area contributed by atoms with Crippen molar-refractivity contribution >= 4 is 0 Å². The van der Waals surface area contributed by atoms with Gasteiger partial charge in [-0.3, -0.25) is 9.80 Å². The lowest BCUT2D eigenvalue weighted by atomic mass is 10.0. The van der Waals surface area contributed by atoms with E-state index in [2.05, 4.69) is 61.8 Å². The van der Waals surface area contributed by atoms with Crippen molar-refractivity contribution in [2.24, 2.45) is 0 Å². The Bertz CT molecular complexity index is 406. The molecule has 0 aromatic heterocycles. The first-order valence-corrected chi connectivity index (χ1v) is 8.15. The van der Waals surface area contributed by atoms with Crippen molar-refractivity contribution in [3.05, 3.63) is 35.4 Å². The molecule has 2 rings (SSSR count). The Balaban J connectivity index is 1.88. The Morgan fingerprint density at radius 3 is 2.35 bits per heavy atom. The molecule has 0 radical (unpaired) electrons. The molecule has 0 amide bonds. The van der Waals surface area contributed by atoms with Crippen molar-refractivity contribution in [2.45, 2.75) is 52.6 Å². The average Bonchev–Trinajstić information content (AvgIpc) is 2.47. The molecule has 1 fully saturated rings. The average molecular weight is 274 g/mol. The summed E-state index contributed by atoms with van der Waals surface area (Å²) in [6, 6.07) is 9.84. The van der Waals surface area contributed by atoms with E-state index in [0.29, 0.717) is 5.92 Å². The fourth-order valence-electron chi connectivity index (χ4n) is 2.93. The van der Waals surface area contributed by atoms with E-state index in [1.54, 1.807) is 0 Å². The van der Waals surface area contributed by atoms with E-state index in [4.69, 9.17) is 0 Å². The SMILES string of the molecule is CCC(C)N1CCN(Cc2cccc(C(C)C)c2)CC1. The molecule has 1 heterocycles. The van der Waals surface area contributed by atoms with Crippen molar-refractivity contribution in [3.8, 4) is 0 Å². The van der Waals surface area contributed by atoms with E-state index >= 15 is 0 Å². The maximum Gasteiger partial charge on any atom is 0.0234 e.